The van der Waals surface area contributed by atoms with Crippen LogP contribution in [0.3, 0.4) is 0 Å². The summed E-state index contributed by atoms with van der Waals surface area (Å²) < 4.78 is 94.8. The fourth-order valence-electron chi connectivity index (χ4n) is 6.49. The molecule has 0 aliphatic heterocycles. The summed E-state index contributed by atoms with van der Waals surface area (Å²) in [5.41, 5.74) is -1.04. The molecule has 0 saturated heterocycles. The molecular formula is C30H36F6O. The molecule has 2 aliphatic carbocycles. The molecule has 7 heteroatoms. The van der Waals surface area contributed by atoms with E-state index in [2.05, 4.69) is 6.92 Å². The van der Waals surface area contributed by atoms with Crippen molar-refractivity contribution in [2.45, 2.75) is 89.9 Å². The van der Waals surface area contributed by atoms with Gasteiger partial charge in [0.2, 0.25) is 5.82 Å². The highest BCUT2D eigenvalue weighted by atomic mass is 19.3. The van der Waals surface area contributed by atoms with E-state index in [0.717, 1.165) is 50.3 Å². The molecule has 2 aliphatic rings. The van der Waals surface area contributed by atoms with Crippen LogP contribution in [0.5, 0.6) is 5.75 Å². The molecule has 37 heavy (non-hydrogen) atoms. The predicted octanol–water partition coefficient (Wildman–Crippen LogP) is 9.82. The maximum absolute atomic E-state index is 15.3. The zero-order valence-corrected chi connectivity index (χ0v) is 21.6. The standard InChI is InChI=1S/C30H36F6O/c1-3-5-6-18-7-9-19(10-8-18)24-15-11-20(17-30(24,35)36)21-12-13-22(27(32)26(21)31)23-14-16-25(37-4-2)29(34)28(23)33/h12-14,16,18-20,24H,3-11,15,17H2,1-2H3. The van der Waals surface area contributed by atoms with E-state index in [1.165, 1.54) is 18.9 Å². The molecule has 2 unspecified atom stereocenters. The van der Waals surface area contributed by atoms with Crippen LogP contribution in [-0.2, 0) is 0 Å². The highest BCUT2D eigenvalue weighted by molar-refractivity contribution is 5.66. The Morgan fingerprint density at radius 1 is 0.784 bits per heavy atom. The Hall–Kier alpha value is -2.18. The van der Waals surface area contributed by atoms with Gasteiger partial charge in [0.1, 0.15) is 0 Å². The van der Waals surface area contributed by atoms with Gasteiger partial charge in [-0.1, -0.05) is 51.2 Å². The third-order valence-corrected chi connectivity index (χ3v) is 8.50. The van der Waals surface area contributed by atoms with Gasteiger partial charge in [0.05, 0.1) is 6.61 Å². The van der Waals surface area contributed by atoms with Crippen LogP contribution in [-0.4, -0.2) is 12.5 Å². The lowest BCUT2D eigenvalue weighted by Crippen LogP contribution is -2.41. The summed E-state index contributed by atoms with van der Waals surface area (Å²) in [6.45, 7) is 3.88. The lowest BCUT2D eigenvalue weighted by molar-refractivity contribution is -0.119. The predicted molar refractivity (Wildman–Crippen MR) is 133 cm³/mol. The number of rotatable bonds is 8. The summed E-state index contributed by atoms with van der Waals surface area (Å²) in [4.78, 5) is 0. The Kier molecular flexibility index (Phi) is 8.80. The number of ether oxygens (including phenoxy) is 1. The Labute approximate surface area is 215 Å². The molecule has 0 heterocycles. The second-order valence-corrected chi connectivity index (χ2v) is 10.8. The molecule has 2 aromatic rings. The van der Waals surface area contributed by atoms with E-state index in [1.54, 1.807) is 6.92 Å². The van der Waals surface area contributed by atoms with Gasteiger partial charge in [-0.25, -0.2) is 22.0 Å². The van der Waals surface area contributed by atoms with Crippen molar-refractivity contribution in [1.29, 1.82) is 0 Å². The van der Waals surface area contributed by atoms with Crippen LogP contribution in [0.4, 0.5) is 26.3 Å². The van der Waals surface area contributed by atoms with Gasteiger partial charge in [0, 0.05) is 23.5 Å². The summed E-state index contributed by atoms with van der Waals surface area (Å²) in [6.07, 6.45) is 7.17. The first kappa shape index (κ1) is 27.8. The van der Waals surface area contributed by atoms with Crippen molar-refractivity contribution in [1.82, 2.24) is 0 Å². The number of alkyl halides is 2. The minimum absolute atomic E-state index is 0.0321. The molecule has 0 spiro atoms. The van der Waals surface area contributed by atoms with E-state index in [1.807, 2.05) is 0 Å². The molecular weight excluding hydrogens is 490 g/mol. The van der Waals surface area contributed by atoms with Crippen molar-refractivity contribution in [3.63, 3.8) is 0 Å². The van der Waals surface area contributed by atoms with E-state index in [-0.39, 0.29) is 30.3 Å². The summed E-state index contributed by atoms with van der Waals surface area (Å²) in [5, 5.41) is 0. The van der Waals surface area contributed by atoms with Crippen LogP contribution in [0.1, 0.15) is 89.5 Å². The zero-order chi connectivity index (χ0) is 26.7. The van der Waals surface area contributed by atoms with Crippen molar-refractivity contribution in [2.75, 3.05) is 6.61 Å². The molecule has 0 bridgehead atoms. The van der Waals surface area contributed by atoms with E-state index in [4.69, 9.17) is 4.74 Å². The Morgan fingerprint density at radius 3 is 2.05 bits per heavy atom. The summed E-state index contributed by atoms with van der Waals surface area (Å²) in [7, 11) is 0. The van der Waals surface area contributed by atoms with Gasteiger partial charge in [-0.15, -0.1) is 0 Å². The molecule has 4 rings (SSSR count). The molecule has 0 N–H and O–H groups in total. The van der Waals surface area contributed by atoms with Gasteiger partial charge in [-0.2, -0.15) is 4.39 Å². The van der Waals surface area contributed by atoms with Crippen molar-refractivity contribution >= 4 is 0 Å². The van der Waals surface area contributed by atoms with Crippen LogP contribution in [0.25, 0.3) is 11.1 Å². The van der Waals surface area contributed by atoms with Crippen LogP contribution in [0, 0.1) is 41.0 Å². The van der Waals surface area contributed by atoms with Crippen molar-refractivity contribution in [2.24, 2.45) is 17.8 Å². The second-order valence-electron chi connectivity index (χ2n) is 10.8. The van der Waals surface area contributed by atoms with Gasteiger partial charge in [0.15, 0.2) is 23.2 Å². The van der Waals surface area contributed by atoms with E-state index in [0.29, 0.717) is 12.3 Å². The number of hydrogen-bond acceptors (Lipinski definition) is 1. The number of hydrogen-bond donors (Lipinski definition) is 0. The molecule has 0 amide bonds. The van der Waals surface area contributed by atoms with Crippen molar-refractivity contribution in [3.05, 3.63) is 53.1 Å². The highest BCUT2D eigenvalue weighted by Gasteiger charge is 2.49. The first-order chi connectivity index (χ1) is 17.7. The minimum Gasteiger partial charge on any atom is -0.491 e. The minimum atomic E-state index is -2.96. The van der Waals surface area contributed by atoms with E-state index < -0.39 is 58.6 Å². The summed E-state index contributed by atoms with van der Waals surface area (Å²) >= 11 is 0. The fraction of sp³-hybridized carbons (Fsp3) is 0.600. The van der Waals surface area contributed by atoms with Crippen LogP contribution in [0.2, 0.25) is 0 Å². The molecule has 0 radical (unpaired) electrons. The van der Waals surface area contributed by atoms with Crippen molar-refractivity contribution in [3.8, 4) is 16.9 Å². The SMILES string of the molecule is CCCCC1CCC(C2CCC(c3ccc(-c4ccc(OCC)c(F)c4F)c(F)c3F)CC2(F)F)CC1. The normalized spacial score (nSPS) is 25.7. The lowest BCUT2D eigenvalue weighted by atomic mass is 9.66. The average Bonchev–Trinajstić information content (AvgIpc) is 2.87. The first-order valence-electron chi connectivity index (χ1n) is 13.6. The summed E-state index contributed by atoms with van der Waals surface area (Å²) in [5.74, 6) is -9.54. The van der Waals surface area contributed by atoms with Gasteiger partial charge in [0.25, 0.3) is 5.92 Å². The Morgan fingerprint density at radius 2 is 1.43 bits per heavy atom. The zero-order valence-electron chi connectivity index (χ0n) is 21.6. The summed E-state index contributed by atoms with van der Waals surface area (Å²) in [6, 6.07) is 4.66. The van der Waals surface area contributed by atoms with Gasteiger partial charge < -0.3 is 4.74 Å². The number of unbranched alkanes of at least 4 members (excludes halogenated alkanes) is 1. The van der Waals surface area contributed by atoms with Crippen molar-refractivity contribution < 1.29 is 31.1 Å². The quantitative estimate of drug-likeness (QED) is 0.311. The maximum atomic E-state index is 15.3. The number of benzene rings is 2. The van der Waals surface area contributed by atoms with Crippen LogP contribution < -0.4 is 4.74 Å². The topological polar surface area (TPSA) is 9.23 Å². The molecule has 204 valence electrons. The Balaban J connectivity index is 1.49. The molecule has 1 nitrogen and oxygen atoms in total. The lowest BCUT2D eigenvalue weighted by Gasteiger charge is -2.42. The largest absolute Gasteiger partial charge is 0.491 e. The van der Waals surface area contributed by atoms with Crippen LogP contribution in [0.15, 0.2) is 24.3 Å². The maximum Gasteiger partial charge on any atom is 0.251 e. The average molecular weight is 527 g/mol. The second kappa shape index (κ2) is 11.7. The third kappa shape index (κ3) is 5.80. The molecule has 2 aromatic carbocycles. The van der Waals surface area contributed by atoms with E-state index in [9.17, 15) is 8.78 Å². The fourth-order valence-corrected chi connectivity index (χ4v) is 6.49. The monoisotopic (exact) mass is 526 g/mol. The van der Waals surface area contributed by atoms with Crippen LogP contribution >= 0.6 is 0 Å². The number of halogens is 6. The first-order valence-corrected chi connectivity index (χ1v) is 13.6. The van der Waals surface area contributed by atoms with Gasteiger partial charge in [-0.05, 0) is 68.1 Å². The Bertz CT molecular complexity index is 1080. The smallest absolute Gasteiger partial charge is 0.251 e. The third-order valence-electron chi connectivity index (χ3n) is 8.50. The highest BCUT2D eigenvalue weighted by Crippen LogP contribution is 2.52. The molecule has 0 aromatic heterocycles. The van der Waals surface area contributed by atoms with Gasteiger partial charge >= 0.3 is 0 Å². The molecule has 2 saturated carbocycles. The van der Waals surface area contributed by atoms with Gasteiger partial charge in [-0.3, -0.25) is 0 Å². The molecule has 2 atom stereocenters. The molecule has 2 fully saturated rings. The van der Waals surface area contributed by atoms with E-state index >= 15 is 17.6 Å².